The van der Waals surface area contributed by atoms with Crippen LogP contribution < -0.4 is 15.5 Å². The van der Waals surface area contributed by atoms with Crippen LogP contribution >= 0.6 is 0 Å². The van der Waals surface area contributed by atoms with Gasteiger partial charge < -0.3 is 15.5 Å². The van der Waals surface area contributed by atoms with Gasteiger partial charge in [-0.2, -0.15) is 0 Å². The standard InChI is InChI=1S/C15H19N3O2/c1-18-8-2-3-10-4-5-11(9-13(10)18)16-15(20)12-6-7-14(19)17-12/h4-5,9,12H,2-3,6-8H2,1H3,(H,16,20)(H,17,19). The van der Waals surface area contributed by atoms with Crippen LogP contribution in [-0.2, 0) is 16.0 Å². The molecule has 0 aromatic heterocycles. The predicted molar refractivity (Wildman–Crippen MR) is 77.8 cm³/mol. The predicted octanol–water partition coefficient (Wildman–Crippen LogP) is 1.29. The quantitative estimate of drug-likeness (QED) is 0.853. The number of hydrogen-bond acceptors (Lipinski definition) is 3. The van der Waals surface area contributed by atoms with Gasteiger partial charge >= 0.3 is 0 Å². The average molecular weight is 273 g/mol. The number of carbonyl (C=O) groups excluding carboxylic acids is 2. The highest BCUT2D eigenvalue weighted by Gasteiger charge is 2.27. The summed E-state index contributed by atoms with van der Waals surface area (Å²) in [5.41, 5.74) is 3.30. The largest absolute Gasteiger partial charge is 0.374 e. The summed E-state index contributed by atoms with van der Waals surface area (Å²) in [5, 5.41) is 5.58. The highest BCUT2D eigenvalue weighted by Crippen LogP contribution is 2.29. The molecule has 1 saturated heterocycles. The Kier molecular flexibility index (Phi) is 3.34. The molecule has 2 aliphatic heterocycles. The maximum Gasteiger partial charge on any atom is 0.246 e. The van der Waals surface area contributed by atoms with Gasteiger partial charge in [0.1, 0.15) is 6.04 Å². The van der Waals surface area contributed by atoms with Gasteiger partial charge in [0.05, 0.1) is 0 Å². The number of rotatable bonds is 2. The van der Waals surface area contributed by atoms with Crippen molar-refractivity contribution >= 4 is 23.2 Å². The summed E-state index contributed by atoms with van der Waals surface area (Å²) in [6.45, 7) is 1.04. The van der Waals surface area contributed by atoms with E-state index in [1.807, 2.05) is 12.1 Å². The third-order valence-electron chi connectivity index (χ3n) is 4.02. The number of hydrogen-bond donors (Lipinski definition) is 2. The number of nitrogens with zero attached hydrogens (tertiary/aromatic N) is 1. The second-order valence-electron chi connectivity index (χ2n) is 5.52. The molecule has 1 unspecified atom stereocenters. The van der Waals surface area contributed by atoms with Crippen molar-refractivity contribution in [2.45, 2.75) is 31.7 Å². The average Bonchev–Trinajstić information content (AvgIpc) is 2.86. The Morgan fingerprint density at radius 2 is 2.25 bits per heavy atom. The van der Waals surface area contributed by atoms with E-state index in [0.717, 1.165) is 18.7 Å². The molecule has 20 heavy (non-hydrogen) atoms. The fraction of sp³-hybridized carbons (Fsp3) is 0.467. The van der Waals surface area contributed by atoms with E-state index in [-0.39, 0.29) is 11.8 Å². The summed E-state index contributed by atoms with van der Waals surface area (Å²) >= 11 is 0. The molecule has 0 spiro atoms. The fourth-order valence-electron chi connectivity index (χ4n) is 2.88. The van der Waals surface area contributed by atoms with Crippen LogP contribution in [0.5, 0.6) is 0 Å². The summed E-state index contributed by atoms with van der Waals surface area (Å²) < 4.78 is 0. The Morgan fingerprint density at radius 3 is 3.00 bits per heavy atom. The monoisotopic (exact) mass is 273 g/mol. The Balaban J connectivity index is 1.73. The number of aryl methyl sites for hydroxylation is 1. The molecule has 0 aliphatic carbocycles. The third-order valence-corrected chi connectivity index (χ3v) is 4.02. The van der Waals surface area contributed by atoms with Crippen LogP contribution in [0.4, 0.5) is 11.4 Å². The summed E-state index contributed by atoms with van der Waals surface area (Å²) in [6, 6.07) is 5.64. The number of benzene rings is 1. The van der Waals surface area contributed by atoms with Crippen LogP contribution in [0.2, 0.25) is 0 Å². The van der Waals surface area contributed by atoms with Gasteiger partial charge in [0.2, 0.25) is 11.8 Å². The van der Waals surface area contributed by atoms with Crippen LogP contribution in [-0.4, -0.2) is 31.4 Å². The summed E-state index contributed by atoms with van der Waals surface area (Å²) in [7, 11) is 2.07. The van der Waals surface area contributed by atoms with Crippen LogP contribution in [0, 0.1) is 0 Å². The zero-order valence-electron chi connectivity index (χ0n) is 11.6. The first-order valence-corrected chi connectivity index (χ1v) is 7.08. The maximum atomic E-state index is 12.1. The highest BCUT2D eigenvalue weighted by molar-refractivity contribution is 5.99. The Hall–Kier alpha value is -2.04. The normalized spacial score (nSPS) is 21.4. The molecule has 1 aromatic rings. The van der Waals surface area contributed by atoms with Crippen molar-refractivity contribution in [2.24, 2.45) is 0 Å². The molecule has 1 fully saturated rings. The molecule has 2 heterocycles. The maximum absolute atomic E-state index is 12.1. The molecule has 3 rings (SSSR count). The van der Waals surface area contributed by atoms with E-state index in [1.165, 1.54) is 17.7 Å². The topological polar surface area (TPSA) is 61.4 Å². The lowest BCUT2D eigenvalue weighted by Gasteiger charge is -2.28. The Bertz CT molecular complexity index is 556. The molecule has 5 heteroatoms. The van der Waals surface area contributed by atoms with Gasteiger partial charge in [0, 0.05) is 31.4 Å². The van der Waals surface area contributed by atoms with Crippen LogP contribution in [0.1, 0.15) is 24.8 Å². The summed E-state index contributed by atoms with van der Waals surface area (Å²) in [4.78, 5) is 25.4. The third kappa shape index (κ3) is 2.48. The minimum atomic E-state index is -0.392. The molecule has 0 bridgehead atoms. The zero-order valence-corrected chi connectivity index (χ0v) is 11.6. The van der Waals surface area contributed by atoms with Crippen molar-refractivity contribution in [2.75, 3.05) is 23.8 Å². The zero-order chi connectivity index (χ0) is 14.1. The molecule has 2 amide bonds. The van der Waals surface area contributed by atoms with Gasteiger partial charge in [0.25, 0.3) is 0 Å². The smallest absolute Gasteiger partial charge is 0.246 e. The van der Waals surface area contributed by atoms with E-state index in [1.54, 1.807) is 0 Å². The lowest BCUT2D eigenvalue weighted by molar-refractivity contribution is -0.122. The van der Waals surface area contributed by atoms with Gasteiger partial charge in [-0.25, -0.2) is 0 Å². The molecule has 2 aliphatic rings. The van der Waals surface area contributed by atoms with Gasteiger partial charge in [-0.1, -0.05) is 6.07 Å². The first-order chi connectivity index (χ1) is 9.63. The van der Waals surface area contributed by atoms with Gasteiger partial charge in [-0.15, -0.1) is 0 Å². The lowest BCUT2D eigenvalue weighted by atomic mass is 10.0. The van der Waals surface area contributed by atoms with Crippen molar-refractivity contribution in [3.63, 3.8) is 0 Å². The number of fused-ring (bicyclic) bond motifs is 1. The van der Waals surface area contributed by atoms with Gasteiger partial charge in [-0.3, -0.25) is 9.59 Å². The Morgan fingerprint density at radius 1 is 1.40 bits per heavy atom. The van der Waals surface area contributed by atoms with Crippen LogP contribution in [0.15, 0.2) is 18.2 Å². The summed E-state index contributed by atoms with van der Waals surface area (Å²) in [5.74, 6) is -0.176. The number of amides is 2. The van der Waals surface area contributed by atoms with Crippen molar-refractivity contribution in [3.8, 4) is 0 Å². The number of nitrogens with one attached hydrogen (secondary N) is 2. The lowest BCUT2D eigenvalue weighted by Crippen LogP contribution is -2.37. The number of anilines is 2. The second kappa shape index (κ2) is 5.15. The Labute approximate surface area is 118 Å². The van der Waals surface area contributed by atoms with E-state index >= 15 is 0 Å². The van der Waals surface area contributed by atoms with Gasteiger partial charge in [0.15, 0.2) is 0 Å². The van der Waals surface area contributed by atoms with Crippen molar-refractivity contribution in [3.05, 3.63) is 23.8 Å². The van der Waals surface area contributed by atoms with Crippen LogP contribution in [0.25, 0.3) is 0 Å². The minimum absolute atomic E-state index is 0.0460. The molecule has 0 saturated carbocycles. The second-order valence-corrected chi connectivity index (χ2v) is 5.52. The van der Waals surface area contributed by atoms with E-state index < -0.39 is 6.04 Å². The van der Waals surface area contributed by atoms with Crippen molar-refractivity contribution in [1.29, 1.82) is 0 Å². The van der Waals surface area contributed by atoms with E-state index in [2.05, 4.69) is 28.6 Å². The van der Waals surface area contributed by atoms with Crippen LogP contribution in [0.3, 0.4) is 0 Å². The van der Waals surface area contributed by atoms with E-state index in [9.17, 15) is 9.59 Å². The molecule has 1 atom stereocenters. The SMILES string of the molecule is CN1CCCc2ccc(NC(=O)C3CCC(=O)N3)cc21. The first-order valence-electron chi connectivity index (χ1n) is 7.08. The van der Waals surface area contributed by atoms with Crippen molar-refractivity contribution < 1.29 is 9.59 Å². The minimum Gasteiger partial charge on any atom is -0.374 e. The fourth-order valence-corrected chi connectivity index (χ4v) is 2.88. The molecule has 106 valence electrons. The highest BCUT2D eigenvalue weighted by atomic mass is 16.2. The van der Waals surface area contributed by atoms with Gasteiger partial charge in [-0.05, 0) is 37.0 Å². The van der Waals surface area contributed by atoms with E-state index in [4.69, 9.17) is 0 Å². The molecule has 2 N–H and O–H groups in total. The molecular weight excluding hydrogens is 254 g/mol. The molecular formula is C15H19N3O2. The first kappa shape index (κ1) is 13.0. The number of carbonyl (C=O) groups is 2. The summed E-state index contributed by atoms with van der Waals surface area (Å²) in [6.07, 6.45) is 3.27. The molecule has 5 nitrogen and oxygen atoms in total. The van der Waals surface area contributed by atoms with Crippen molar-refractivity contribution in [1.82, 2.24) is 5.32 Å². The van der Waals surface area contributed by atoms with E-state index in [0.29, 0.717) is 12.8 Å². The molecule has 0 radical (unpaired) electrons. The molecule has 1 aromatic carbocycles.